The van der Waals surface area contributed by atoms with E-state index >= 15 is 0 Å². The number of benzene rings is 1. The molecule has 1 rings (SSSR count). The van der Waals surface area contributed by atoms with Crippen LogP contribution >= 0.6 is 0 Å². The third-order valence-electron chi connectivity index (χ3n) is 1.99. The second kappa shape index (κ2) is 4.96. The van der Waals surface area contributed by atoms with Crippen LogP contribution in [0.3, 0.4) is 0 Å². The van der Waals surface area contributed by atoms with Crippen LogP contribution in [0.2, 0.25) is 6.55 Å². The molecule has 0 unspecified atom stereocenters. The smallest absolute Gasteiger partial charge is 0.389 e. The van der Waals surface area contributed by atoms with Crippen LogP contribution < -0.4 is 0 Å². The molecule has 0 saturated heterocycles. The van der Waals surface area contributed by atoms with Crippen molar-refractivity contribution in [1.82, 2.24) is 0 Å². The van der Waals surface area contributed by atoms with E-state index in [9.17, 15) is 0 Å². The van der Waals surface area contributed by atoms with Crippen LogP contribution in [0.15, 0.2) is 30.3 Å². The first-order chi connectivity index (χ1) is 6.70. The van der Waals surface area contributed by atoms with Gasteiger partial charge in [0.05, 0.1) is 0 Å². The van der Waals surface area contributed by atoms with E-state index in [1.54, 1.807) is 14.2 Å². The van der Waals surface area contributed by atoms with Crippen molar-refractivity contribution in [2.45, 2.75) is 6.55 Å². The van der Waals surface area contributed by atoms with Crippen LogP contribution in [0.25, 0.3) is 0 Å². The van der Waals surface area contributed by atoms with Crippen molar-refractivity contribution in [1.29, 1.82) is 0 Å². The molecule has 1 aromatic carbocycles. The average molecular weight is 206 g/mol. The summed E-state index contributed by atoms with van der Waals surface area (Å²) in [6.45, 7) is 1.92. The first kappa shape index (κ1) is 11.0. The van der Waals surface area contributed by atoms with Gasteiger partial charge in [-0.15, -0.1) is 0 Å². The van der Waals surface area contributed by atoms with Crippen molar-refractivity contribution >= 4 is 8.56 Å². The fraction of sp³-hybridized carbons (Fsp3) is 0.273. The van der Waals surface area contributed by atoms with Gasteiger partial charge in [0.1, 0.15) is 0 Å². The zero-order valence-electron chi connectivity index (χ0n) is 8.70. The van der Waals surface area contributed by atoms with Crippen molar-refractivity contribution in [2.24, 2.45) is 0 Å². The predicted molar refractivity (Wildman–Crippen MR) is 59.0 cm³/mol. The Bertz CT molecular complexity index is 333. The summed E-state index contributed by atoms with van der Waals surface area (Å²) < 4.78 is 10.5. The first-order valence-corrected chi connectivity index (χ1v) is 6.70. The Hall–Kier alpha value is -1.08. The molecule has 0 spiro atoms. The molecule has 0 amide bonds. The summed E-state index contributed by atoms with van der Waals surface area (Å²) >= 11 is 0. The fourth-order valence-corrected chi connectivity index (χ4v) is 1.63. The largest absolute Gasteiger partial charge is 0.420 e. The lowest BCUT2D eigenvalue weighted by Gasteiger charge is -2.14. The Morgan fingerprint density at radius 3 is 2.14 bits per heavy atom. The number of hydrogen-bond donors (Lipinski definition) is 0. The molecule has 2 nitrogen and oxygen atoms in total. The third-order valence-corrected chi connectivity index (χ3v) is 4.12. The molecule has 0 radical (unpaired) electrons. The zero-order valence-corrected chi connectivity index (χ0v) is 9.70. The van der Waals surface area contributed by atoms with Crippen LogP contribution in [0.1, 0.15) is 5.56 Å². The normalized spacial score (nSPS) is 10.5. The highest BCUT2D eigenvalue weighted by Crippen LogP contribution is 2.03. The highest BCUT2D eigenvalue weighted by molar-refractivity contribution is 6.74. The van der Waals surface area contributed by atoms with Crippen molar-refractivity contribution in [3.63, 3.8) is 0 Å². The lowest BCUT2D eigenvalue weighted by molar-refractivity contribution is 0.266. The van der Waals surface area contributed by atoms with Crippen molar-refractivity contribution < 1.29 is 8.85 Å². The summed E-state index contributed by atoms with van der Waals surface area (Å²) in [5.74, 6) is 3.05. The summed E-state index contributed by atoms with van der Waals surface area (Å²) in [5.41, 5.74) is 4.04. The summed E-state index contributed by atoms with van der Waals surface area (Å²) in [5, 5.41) is 0. The monoisotopic (exact) mass is 206 g/mol. The molecule has 0 fully saturated rings. The summed E-state index contributed by atoms with van der Waals surface area (Å²) in [6, 6.07) is 9.82. The van der Waals surface area contributed by atoms with Gasteiger partial charge in [-0.25, -0.2) is 0 Å². The topological polar surface area (TPSA) is 18.5 Å². The molecule has 0 bridgehead atoms. The van der Waals surface area contributed by atoms with Crippen LogP contribution in [0.4, 0.5) is 0 Å². The molecule has 0 N–H and O–H groups in total. The summed E-state index contributed by atoms with van der Waals surface area (Å²) in [4.78, 5) is 0. The van der Waals surface area contributed by atoms with Gasteiger partial charge < -0.3 is 8.85 Å². The van der Waals surface area contributed by atoms with Gasteiger partial charge in [-0.2, -0.15) is 0 Å². The minimum absolute atomic E-state index is 0.986. The van der Waals surface area contributed by atoms with Crippen molar-refractivity contribution in [2.75, 3.05) is 14.2 Å². The Morgan fingerprint density at radius 1 is 1.07 bits per heavy atom. The highest BCUT2D eigenvalue weighted by atomic mass is 28.4. The molecule has 0 atom stereocenters. The van der Waals surface area contributed by atoms with Gasteiger partial charge in [-0.3, -0.25) is 0 Å². The van der Waals surface area contributed by atoms with Crippen LogP contribution in [-0.4, -0.2) is 22.8 Å². The lowest BCUT2D eigenvalue weighted by atomic mass is 10.2. The van der Waals surface area contributed by atoms with Gasteiger partial charge in [0.25, 0.3) is 0 Å². The maximum atomic E-state index is 5.25. The van der Waals surface area contributed by atoms with Crippen LogP contribution in [0.5, 0.6) is 0 Å². The predicted octanol–water partition coefficient (Wildman–Crippen LogP) is 1.94. The first-order valence-electron chi connectivity index (χ1n) is 4.39. The van der Waals surface area contributed by atoms with Crippen LogP contribution in [0, 0.1) is 11.5 Å². The third kappa shape index (κ3) is 3.00. The number of rotatable bonds is 2. The molecule has 0 aliphatic carbocycles. The second-order valence-electron chi connectivity index (χ2n) is 2.97. The molecule has 74 valence electrons. The molecule has 0 aliphatic heterocycles. The van der Waals surface area contributed by atoms with E-state index in [1.807, 2.05) is 36.9 Å². The lowest BCUT2D eigenvalue weighted by Crippen LogP contribution is -2.34. The Labute approximate surface area is 86.1 Å². The van der Waals surface area contributed by atoms with Crippen LogP contribution in [-0.2, 0) is 8.85 Å². The Balaban J connectivity index is 2.82. The van der Waals surface area contributed by atoms with Gasteiger partial charge in [0, 0.05) is 19.8 Å². The van der Waals surface area contributed by atoms with E-state index < -0.39 is 8.56 Å². The SMILES string of the molecule is CO[Si](C)(C#Cc1ccccc1)OC. The highest BCUT2D eigenvalue weighted by Gasteiger charge is 2.25. The maximum absolute atomic E-state index is 5.25. The molecule has 1 aromatic rings. The van der Waals surface area contributed by atoms with Crippen molar-refractivity contribution in [3.8, 4) is 11.5 Å². The molecule has 0 saturated carbocycles. The standard InChI is InChI=1S/C11H14O2Si/c1-12-14(3,13-2)10-9-11-7-5-4-6-8-11/h4-8H,1-3H3. The van der Waals surface area contributed by atoms with Gasteiger partial charge in [0.15, 0.2) is 0 Å². The second-order valence-corrected chi connectivity index (χ2v) is 5.93. The van der Waals surface area contributed by atoms with E-state index in [-0.39, 0.29) is 0 Å². The minimum atomic E-state index is -2.24. The summed E-state index contributed by atoms with van der Waals surface area (Å²) in [6.07, 6.45) is 0. The molecular weight excluding hydrogens is 192 g/mol. The van der Waals surface area contributed by atoms with E-state index in [0.717, 1.165) is 5.56 Å². The molecule has 3 heteroatoms. The van der Waals surface area contributed by atoms with Gasteiger partial charge in [0.2, 0.25) is 0 Å². The van der Waals surface area contributed by atoms with E-state index in [4.69, 9.17) is 8.85 Å². The Kier molecular flexibility index (Phi) is 3.90. The average Bonchev–Trinajstić information content (AvgIpc) is 2.27. The zero-order chi connectivity index (χ0) is 10.4. The molecule has 0 aromatic heterocycles. The Morgan fingerprint density at radius 2 is 1.64 bits per heavy atom. The molecular formula is C11H14O2Si. The fourth-order valence-electron chi connectivity index (χ4n) is 0.893. The quantitative estimate of drug-likeness (QED) is 0.544. The molecule has 14 heavy (non-hydrogen) atoms. The van der Waals surface area contributed by atoms with E-state index in [0.29, 0.717) is 0 Å². The van der Waals surface area contributed by atoms with E-state index in [2.05, 4.69) is 11.5 Å². The van der Waals surface area contributed by atoms with Gasteiger partial charge in [-0.1, -0.05) is 29.7 Å². The molecule has 0 aliphatic rings. The van der Waals surface area contributed by atoms with Gasteiger partial charge >= 0.3 is 8.56 Å². The van der Waals surface area contributed by atoms with Crippen molar-refractivity contribution in [3.05, 3.63) is 35.9 Å². The summed E-state index contributed by atoms with van der Waals surface area (Å²) in [7, 11) is 1.03. The van der Waals surface area contributed by atoms with Gasteiger partial charge in [-0.05, 0) is 18.7 Å². The number of hydrogen-bond acceptors (Lipinski definition) is 2. The maximum Gasteiger partial charge on any atom is 0.420 e. The molecule has 0 heterocycles. The minimum Gasteiger partial charge on any atom is -0.389 e. The van der Waals surface area contributed by atoms with E-state index in [1.165, 1.54) is 0 Å².